The molecule has 24 heavy (non-hydrogen) atoms. The van der Waals surface area contributed by atoms with Gasteiger partial charge in [0.25, 0.3) is 0 Å². The van der Waals surface area contributed by atoms with Gasteiger partial charge in [0.15, 0.2) is 0 Å². The van der Waals surface area contributed by atoms with E-state index in [4.69, 9.17) is 0 Å². The molecule has 1 aliphatic rings. The molecular weight excluding hydrogens is 306 g/mol. The first-order valence-corrected chi connectivity index (χ1v) is 7.93. The number of H-pyrrole nitrogens is 1. The standard InChI is InChI=1S/C18H19N3O3/c22-16-6-8-19-11-15(16)20-18(24)14-10-17(23)21(12-14)9-7-13-4-2-1-3-5-13/h1-6,8,11,14H,7,9-10,12H2,(H,19,22)(H,20,24)/t14-/m1/s1. The monoisotopic (exact) mass is 325 g/mol. The number of amides is 2. The van der Waals surface area contributed by atoms with E-state index >= 15 is 0 Å². The first-order valence-electron chi connectivity index (χ1n) is 7.93. The Bertz CT molecular complexity index is 785. The molecular formula is C18H19N3O3. The molecule has 0 saturated carbocycles. The summed E-state index contributed by atoms with van der Waals surface area (Å²) in [5.74, 6) is -0.733. The Kier molecular flexibility index (Phi) is 4.74. The Morgan fingerprint density at radius 3 is 2.75 bits per heavy atom. The van der Waals surface area contributed by atoms with Crippen LogP contribution in [0.4, 0.5) is 5.69 Å². The van der Waals surface area contributed by atoms with Crippen molar-refractivity contribution in [3.8, 4) is 0 Å². The number of carbonyl (C=O) groups excluding carboxylic acids is 2. The maximum absolute atomic E-state index is 12.3. The van der Waals surface area contributed by atoms with Gasteiger partial charge < -0.3 is 15.2 Å². The highest BCUT2D eigenvalue weighted by atomic mass is 16.2. The van der Waals surface area contributed by atoms with Gasteiger partial charge in [-0.05, 0) is 12.0 Å². The Morgan fingerprint density at radius 1 is 1.21 bits per heavy atom. The molecule has 1 saturated heterocycles. The van der Waals surface area contributed by atoms with Gasteiger partial charge in [-0.25, -0.2) is 0 Å². The van der Waals surface area contributed by atoms with Crippen LogP contribution in [0, 0.1) is 5.92 Å². The third-order valence-corrected chi connectivity index (χ3v) is 4.18. The number of benzene rings is 1. The molecule has 0 aliphatic carbocycles. The highest BCUT2D eigenvalue weighted by Gasteiger charge is 2.34. The molecule has 3 rings (SSSR count). The predicted octanol–water partition coefficient (Wildman–Crippen LogP) is 1.40. The lowest BCUT2D eigenvalue weighted by Crippen LogP contribution is -2.30. The fraction of sp³-hybridized carbons (Fsp3) is 0.278. The predicted molar refractivity (Wildman–Crippen MR) is 90.5 cm³/mol. The smallest absolute Gasteiger partial charge is 0.229 e. The molecule has 0 spiro atoms. The van der Waals surface area contributed by atoms with E-state index in [0.717, 1.165) is 12.0 Å². The van der Waals surface area contributed by atoms with Crippen LogP contribution in [0.5, 0.6) is 0 Å². The van der Waals surface area contributed by atoms with E-state index in [-0.39, 0.29) is 29.4 Å². The number of nitrogens with one attached hydrogen (secondary N) is 2. The first kappa shape index (κ1) is 16.0. The van der Waals surface area contributed by atoms with Gasteiger partial charge in [0.2, 0.25) is 17.2 Å². The quantitative estimate of drug-likeness (QED) is 0.872. The molecule has 1 atom stereocenters. The van der Waals surface area contributed by atoms with Crippen molar-refractivity contribution in [3.05, 3.63) is 64.6 Å². The van der Waals surface area contributed by atoms with Crippen molar-refractivity contribution in [1.82, 2.24) is 9.88 Å². The maximum atomic E-state index is 12.3. The van der Waals surface area contributed by atoms with Gasteiger partial charge in [0, 0.05) is 38.0 Å². The van der Waals surface area contributed by atoms with E-state index in [1.807, 2.05) is 30.3 Å². The summed E-state index contributed by atoms with van der Waals surface area (Å²) in [6.45, 7) is 0.987. The number of aromatic nitrogens is 1. The van der Waals surface area contributed by atoms with E-state index in [2.05, 4.69) is 10.3 Å². The van der Waals surface area contributed by atoms with Crippen LogP contribution in [0.1, 0.15) is 12.0 Å². The normalized spacial score (nSPS) is 17.1. The molecule has 2 N–H and O–H groups in total. The summed E-state index contributed by atoms with van der Waals surface area (Å²) in [5.41, 5.74) is 1.11. The lowest BCUT2D eigenvalue weighted by Gasteiger charge is -2.16. The van der Waals surface area contributed by atoms with Crippen LogP contribution in [-0.2, 0) is 16.0 Å². The highest BCUT2D eigenvalue weighted by Crippen LogP contribution is 2.19. The van der Waals surface area contributed by atoms with E-state index < -0.39 is 5.92 Å². The van der Waals surface area contributed by atoms with Crippen molar-refractivity contribution in [3.63, 3.8) is 0 Å². The molecule has 6 heteroatoms. The molecule has 1 fully saturated rings. The minimum atomic E-state index is -0.423. The third-order valence-electron chi connectivity index (χ3n) is 4.18. The largest absolute Gasteiger partial charge is 0.366 e. The summed E-state index contributed by atoms with van der Waals surface area (Å²) in [7, 11) is 0. The highest BCUT2D eigenvalue weighted by molar-refractivity contribution is 5.97. The molecule has 6 nitrogen and oxygen atoms in total. The molecule has 0 unspecified atom stereocenters. The number of aromatic amines is 1. The number of rotatable bonds is 5. The number of hydrogen-bond donors (Lipinski definition) is 2. The Hall–Kier alpha value is -2.89. The average Bonchev–Trinajstić information content (AvgIpc) is 2.97. The summed E-state index contributed by atoms with van der Waals surface area (Å²) >= 11 is 0. The second-order valence-corrected chi connectivity index (χ2v) is 5.89. The zero-order valence-electron chi connectivity index (χ0n) is 13.2. The van der Waals surface area contributed by atoms with Crippen LogP contribution in [0.25, 0.3) is 0 Å². The summed E-state index contributed by atoms with van der Waals surface area (Å²) in [6.07, 6.45) is 3.90. The Morgan fingerprint density at radius 2 is 2.00 bits per heavy atom. The molecule has 124 valence electrons. The summed E-state index contributed by atoms with van der Waals surface area (Å²) < 4.78 is 0. The van der Waals surface area contributed by atoms with Crippen molar-refractivity contribution in [2.75, 3.05) is 18.4 Å². The number of anilines is 1. The zero-order chi connectivity index (χ0) is 16.9. The number of pyridine rings is 1. The lowest BCUT2D eigenvalue weighted by molar-refractivity contribution is -0.128. The van der Waals surface area contributed by atoms with Crippen LogP contribution < -0.4 is 10.7 Å². The van der Waals surface area contributed by atoms with Gasteiger partial charge in [0.05, 0.1) is 5.92 Å². The average molecular weight is 325 g/mol. The van der Waals surface area contributed by atoms with Gasteiger partial charge in [-0.15, -0.1) is 0 Å². The van der Waals surface area contributed by atoms with Gasteiger partial charge >= 0.3 is 0 Å². The fourth-order valence-corrected chi connectivity index (χ4v) is 2.82. The van der Waals surface area contributed by atoms with Crippen LogP contribution in [0.2, 0.25) is 0 Å². The molecule has 2 heterocycles. The molecule has 2 amide bonds. The van der Waals surface area contributed by atoms with Crippen molar-refractivity contribution < 1.29 is 9.59 Å². The minimum Gasteiger partial charge on any atom is -0.366 e. The van der Waals surface area contributed by atoms with Crippen LogP contribution in [0.3, 0.4) is 0 Å². The Balaban J connectivity index is 1.57. The SMILES string of the molecule is O=C(Nc1c[nH]ccc1=O)[C@@H]1CC(=O)N(CCc2ccccc2)C1. The third kappa shape index (κ3) is 3.71. The molecule has 0 bridgehead atoms. The second kappa shape index (κ2) is 7.12. The van der Waals surface area contributed by atoms with Gasteiger partial charge in [-0.2, -0.15) is 0 Å². The zero-order valence-corrected chi connectivity index (χ0v) is 13.2. The van der Waals surface area contributed by atoms with Crippen LogP contribution >= 0.6 is 0 Å². The topological polar surface area (TPSA) is 82.3 Å². The van der Waals surface area contributed by atoms with Gasteiger partial charge in [-0.1, -0.05) is 30.3 Å². The van der Waals surface area contributed by atoms with E-state index in [9.17, 15) is 14.4 Å². The lowest BCUT2D eigenvalue weighted by atomic mass is 10.1. The summed E-state index contributed by atoms with van der Waals surface area (Å²) in [4.78, 5) is 40.5. The fourth-order valence-electron chi connectivity index (χ4n) is 2.82. The number of hydrogen-bond acceptors (Lipinski definition) is 3. The van der Waals surface area contributed by atoms with Crippen molar-refractivity contribution in [1.29, 1.82) is 0 Å². The second-order valence-electron chi connectivity index (χ2n) is 5.89. The molecule has 0 radical (unpaired) electrons. The number of carbonyl (C=O) groups is 2. The maximum Gasteiger partial charge on any atom is 0.229 e. The molecule has 1 aromatic heterocycles. The number of likely N-dealkylation sites (tertiary alicyclic amines) is 1. The number of nitrogens with zero attached hydrogens (tertiary/aromatic N) is 1. The Labute approximate surface area is 139 Å². The summed E-state index contributed by atoms with van der Waals surface area (Å²) in [5, 5.41) is 2.61. The van der Waals surface area contributed by atoms with Crippen molar-refractivity contribution in [2.24, 2.45) is 5.92 Å². The van der Waals surface area contributed by atoms with E-state index in [0.29, 0.717) is 13.1 Å². The van der Waals surface area contributed by atoms with Gasteiger partial charge in [-0.3, -0.25) is 14.4 Å². The van der Waals surface area contributed by atoms with Crippen LogP contribution in [-0.4, -0.2) is 34.8 Å². The van der Waals surface area contributed by atoms with E-state index in [1.54, 1.807) is 4.90 Å². The van der Waals surface area contributed by atoms with Gasteiger partial charge in [0.1, 0.15) is 5.69 Å². The van der Waals surface area contributed by atoms with E-state index in [1.165, 1.54) is 18.5 Å². The molecule has 2 aromatic rings. The van der Waals surface area contributed by atoms with Crippen molar-refractivity contribution >= 4 is 17.5 Å². The first-order chi connectivity index (χ1) is 11.6. The summed E-state index contributed by atoms with van der Waals surface area (Å²) in [6, 6.07) is 11.3. The van der Waals surface area contributed by atoms with Crippen LogP contribution in [0.15, 0.2) is 53.6 Å². The molecule has 1 aromatic carbocycles. The molecule has 1 aliphatic heterocycles. The minimum absolute atomic E-state index is 0.0203. The van der Waals surface area contributed by atoms with Crippen molar-refractivity contribution in [2.45, 2.75) is 12.8 Å².